The Kier molecular flexibility index (Phi) is 9.03. The van der Waals surface area contributed by atoms with Crippen molar-refractivity contribution in [1.82, 2.24) is 15.5 Å². The van der Waals surface area contributed by atoms with Gasteiger partial charge in [-0.3, -0.25) is 9.69 Å². The Morgan fingerprint density at radius 2 is 1.56 bits per heavy atom. The lowest BCUT2D eigenvalue weighted by atomic mass is 9.77. The molecule has 32 heavy (non-hydrogen) atoms. The fraction of sp³-hybridized carbons (Fsp3) is 0.846. The van der Waals surface area contributed by atoms with Crippen LogP contribution < -0.4 is 10.6 Å². The Morgan fingerprint density at radius 3 is 2.00 bits per heavy atom. The molecule has 0 unspecified atom stereocenters. The normalized spacial score (nSPS) is 20.9. The molecule has 0 spiro atoms. The number of carbonyl (C=O) groups is 2. The van der Waals surface area contributed by atoms with E-state index in [0.717, 1.165) is 19.3 Å². The van der Waals surface area contributed by atoms with Gasteiger partial charge in [-0.15, -0.1) is 0 Å². The predicted octanol–water partition coefficient (Wildman–Crippen LogP) is 5.28. The summed E-state index contributed by atoms with van der Waals surface area (Å²) >= 11 is 0. The van der Waals surface area contributed by atoms with Crippen LogP contribution in [0.1, 0.15) is 95.4 Å². The Bertz CT molecular complexity index is 669. The SMILES string of the molecule is CC(C)C[C@@H](/C=C/C(C)(C)C(=O)NC1CC(C)(C)N(C)C(C)(C)C1)NC(=O)OC(C)(C)C. The molecule has 0 aromatic heterocycles. The first-order valence-electron chi connectivity index (χ1n) is 12.0. The molecule has 0 bridgehead atoms. The average Bonchev–Trinajstić information content (AvgIpc) is 2.54. The van der Waals surface area contributed by atoms with E-state index in [-0.39, 0.29) is 29.1 Å². The van der Waals surface area contributed by atoms with Crippen LogP contribution in [0.3, 0.4) is 0 Å². The fourth-order valence-corrected chi connectivity index (χ4v) is 4.43. The summed E-state index contributed by atoms with van der Waals surface area (Å²) in [5, 5.41) is 6.24. The number of alkyl carbamates (subject to hydrolysis) is 1. The maximum atomic E-state index is 13.2. The minimum Gasteiger partial charge on any atom is -0.444 e. The summed E-state index contributed by atoms with van der Waals surface area (Å²) in [6, 6.07) is -0.0687. The van der Waals surface area contributed by atoms with E-state index < -0.39 is 17.1 Å². The summed E-state index contributed by atoms with van der Waals surface area (Å²) < 4.78 is 5.41. The molecule has 0 radical (unpaired) electrons. The van der Waals surface area contributed by atoms with Crippen molar-refractivity contribution in [3.8, 4) is 0 Å². The number of ether oxygens (including phenoxy) is 1. The molecule has 1 heterocycles. The van der Waals surface area contributed by atoms with Gasteiger partial charge in [0, 0.05) is 17.1 Å². The standard InChI is InChI=1S/C26H49N3O3/c1-18(2)15-19(28-22(31)32-23(3,4)5)13-14-24(6,7)21(30)27-20-16-25(8,9)29(12)26(10,11)17-20/h13-14,18-20H,15-17H2,1-12H3,(H,27,30)(H,28,31)/b14-13+/t19-/m1/s1. The van der Waals surface area contributed by atoms with Crippen molar-refractivity contribution in [2.24, 2.45) is 11.3 Å². The van der Waals surface area contributed by atoms with Gasteiger partial charge in [-0.25, -0.2) is 4.79 Å². The van der Waals surface area contributed by atoms with Crippen LogP contribution in [0.2, 0.25) is 0 Å². The van der Waals surface area contributed by atoms with Crippen LogP contribution in [0.15, 0.2) is 12.2 Å². The van der Waals surface area contributed by atoms with Gasteiger partial charge in [0.1, 0.15) is 5.60 Å². The molecule has 0 aromatic rings. The van der Waals surface area contributed by atoms with Crippen LogP contribution in [-0.4, -0.2) is 52.7 Å². The van der Waals surface area contributed by atoms with Gasteiger partial charge in [0.15, 0.2) is 0 Å². The van der Waals surface area contributed by atoms with Crippen LogP contribution >= 0.6 is 0 Å². The Balaban J connectivity index is 2.88. The van der Waals surface area contributed by atoms with Gasteiger partial charge in [0.25, 0.3) is 0 Å². The number of nitrogens with one attached hydrogen (secondary N) is 2. The third kappa shape index (κ3) is 8.76. The van der Waals surface area contributed by atoms with E-state index in [4.69, 9.17) is 4.74 Å². The Labute approximate surface area is 196 Å². The molecule has 1 aliphatic heterocycles. The molecule has 1 aliphatic rings. The van der Waals surface area contributed by atoms with Gasteiger partial charge in [-0.05, 0) is 94.5 Å². The Morgan fingerprint density at radius 1 is 1.06 bits per heavy atom. The highest BCUT2D eigenvalue weighted by molar-refractivity contribution is 5.84. The molecule has 1 rings (SSSR count). The summed E-state index contributed by atoms with van der Waals surface area (Å²) in [7, 11) is 2.16. The van der Waals surface area contributed by atoms with Crippen molar-refractivity contribution in [2.75, 3.05) is 7.05 Å². The smallest absolute Gasteiger partial charge is 0.408 e. The monoisotopic (exact) mass is 451 g/mol. The zero-order valence-corrected chi connectivity index (χ0v) is 22.7. The highest BCUT2D eigenvalue weighted by atomic mass is 16.6. The van der Waals surface area contributed by atoms with Crippen molar-refractivity contribution in [2.45, 2.75) is 124 Å². The fourth-order valence-electron chi connectivity index (χ4n) is 4.43. The van der Waals surface area contributed by atoms with Gasteiger partial charge in [-0.2, -0.15) is 0 Å². The van der Waals surface area contributed by atoms with Crippen molar-refractivity contribution >= 4 is 12.0 Å². The topological polar surface area (TPSA) is 70.7 Å². The van der Waals surface area contributed by atoms with E-state index in [0.29, 0.717) is 5.92 Å². The number of hydrogen-bond acceptors (Lipinski definition) is 4. The zero-order chi connectivity index (χ0) is 25.1. The number of likely N-dealkylation sites (tertiary alicyclic amines) is 1. The maximum absolute atomic E-state index is 13.2. The van der Waals surface area contributed by atoms with Crippen LogP contribution in [-0.2, 0) is 9.53 Å². The number of nitrogens with zero attached hydrogens (tertiary/aromatic N) is 1. The highest BCUT2D eigenvalue weighted by Crippen LogP contribution is 2.37. The summed E-state index contributed by atoms with van der Waals surface area (Å²) in [4.78, 5) is 27.9. The molecule has 1 atom stereocenters. The Hall–Kier alpha value is -1.56. The number of rotatable bonds is 7. The van der Waals surface area contributed by atoms with E-state index in [1.807, 2.05) is 46.8 Å². The minimum absolute atomic E-state index is 0.00969. The first-order chi connectivity index (χ1) is 14.2. The quantitative estimate of drug-likeness (QED) is 0.517. The second kappa shape index (κ2) is 10.1. The number of hydrogen-bond donors (Lipinski definition) is 2. The summed E-state index contributed by atoms with van der Waals surface area (Å²) in [6.45, 7) is 22.5. The third-order valence-electron chi connectivity index (χ3n) is 6.40. The molecule has 0 saturated carbocycles. The maximum Gasteiger partial charge on any atom is 0.408 e. The predicted molar refractivity (Wildman–Crippen MR) is 133 cm³/mol. The zero-order valence-electron chi connectivity index (χ0n) is 22.7. The van der Waals surface area contributed by atoms with Crippen molar-refractivity contribution < 1.29 is 14.3 Å². The largest absolute Gasteiger partial charge is 0.444 e. The summed E-state index contributed by atoms with van der Waals surface area (Å²) in [5.41, 5.74) is -1.22. The van der Waals surface area contributed by atoms with E-state index in [1.165, 1.54) is 0 Å². The molecular formula is C26H49N3O3. The number of piperidine rings is 1. The highest BCUT2D eigenvalue weighted by Gasteiger charge is 2.44. The molecule has 0 aromatic carbocycles. The van der Waals surface area contributed by atoms with Crippen LogP contribution in [0.25, 0.3) is 0 Å². The first kappa shape index (κ1) is 28.5. The van der Waals surface area contributed by atoms with Crippen molar-refractivity contribution in [1.29, 1.82) is 0 Å². The van der Waals surface area contributed by atoms with Gasteiger partial charge in [0.2, 0.25) is 5.91 Å². The van der Waals surface area contributed by atoms with Crippen LogP contribution in [0.4, 0.5) is 4.79 Å². The van der Waals surface area contributed by atoms with E-state index >= 15 is 0 Å². The third-order valence-corrected chi connectivity index (χ3v) is 6.40. The van der Waals surface area contributed by atoms with Crippen LogP contribution in [0, 0.1) is 11.3 Å². The molecule has 1 saturated heterocycles. The molecule has 6 heteroatoms. The van der Waals surface area contributed by atoms with Gasteiger partial charge in [0.05, 0.1) is 11.5 Å². The van der Waals surface area contributed by atoms with Crippen molar-refractivity contribution in [3.05, 3.63) is 12.2 Å². The van der Waals surface area contributed by atoms with E-state index in [2.05, 4.69) is 64.1 Å². The molecule has 2 N–H and O–H groups in total. The van der Waals surface area contributed by atoms with Gasteiger partial charge in [-0.1, -0.05) is 26.0 Å². The average molecular weight is 452 g/mol. The van der Waals surface area contributed by atoms with E-state index in [9.17, 15) is 9.59 Å². The lowest BCUT2D eigenvalue weighted by Gasteiger charge is -2.54. The molecule has 2 amide bonds. The first-order valence-corrected chi connectivity index (χ1v) is 12.0. The summed E-state index contributed by atoms with van der Waals surface area (Å²) in [5.74, 6) is 0.399. The molecular weight excluding hydrogens is 402 g/mol. The molecule has 1 fully saturated rings. The lowest BCUT2D eigenvalue weighted by Crippen LogP contribution is -2.63. The number of amides is 2. The number of carbonyl (C=O) groups excluding carboxylic acids is 2. The van der Waals surface area contributed by atoms with E-state index in [1.54, 1.807) is 0 Å². The second-order valence-corrected chi connectivity index (χ2v) is 12.7. The van der Waals surface area contributed by atoms with Gasteiger partial charge >= 0.3 is 6.09 Å². The molecule has 186 valence electrons. The molecule has 6 nitrogen and oxygen atoms in total. The lowest BCUT2D eigenvalue weighted by molar-refractivity contribution is -0.129. The van der Waals surface area contributed by atoms with Crippen molar-refractivity contribution in [3.63, 3.8) is 0 Å². The van der Waals surface area contributed by atoms with Gasteiger partial charge < -0.3 is 15.4 Å². The molecule has 0 aliphatic carbocycles. The summed E-state index contributed by atoms with van der Waals surface area (Å²) in [6.07, 6.45) is 6.00. The van der Waals surface area contributed by atoms with Crippen LogP contribution in [0.5, 0.6) is 0 Å². The minimum atomic E-state index is -0.692. The second-order valence-electron chi connectivity index (χ2n) is 12.7.